The van der Waals surface area contributed by atoms with E-state index in [-0.39, 0.29) is 0 Å². The summed E-state index contributed by atoms with van der Waals surface area (Å²) >= 11 is 0. The zero-order valence-corrected chi connectivity index (χ0v) is 12.7. The van der Waals surface area contributed by atoms with Gasteiger partial charge in [0.1, 0.15) is 0 Å². The Labute approximate surface area is 109 Å². The number of ether oxygens (including phenoxy) is 1. The van der Waals surface area contributed by atoms with E-state index in [0.29, 0.717) is 5.41 Å². The summed E-state index contributed by atoms with van der Waals surface area (Å²) in [7, 11) is 6.20. The van der Waals surface area contributed by atoms with Crippen LogP contribution in [0.2, 0.25) is 0 Å². The zero-order chi connectivity index (χ0) is 13.1. The molecule has 1 unspecified atom stereocenters. The Hall–Kier alpha value is -0.0800. The Balaban J connectivity index is 4.43. The molecule has 0 bridgehead atoms. The van der Waals surface area contributed by atoms with Gasteiger partial charge < -0.3 is 9.64 Å². The molecule has 0 heterocycles. The van der Waals surface area contributed by atoms with Gasteiger partial charge in [-0.2, -0.15) is 0 Å². The molecule has 1 atom stereocenters. The van der Waals surface area contributed by atoms with Gasteiger partial charge >= 0.3 is 0 Å². The molecule has 0 aliphatic carbocycles. The van der Waals surface area contributed by atoms with Gasteiger partial charge in [0.25, 0.3) is 0 Å². The molecule has 0 aromatic carbocycles. The first kappa shape index (κ1) is 16.9. The molecular formula is C15H33NO. The van der Waals surface area contributed by atoms with Crippen molar-refractivity contribution >= 4 is 0 Å². The van der Waals surface area contributed by atoms with E-state index in [0.717, 1.165) is 13.2 Å². The standard InChI is InChI=1S/C15H33NO/c1-6-8-10-12-15(14-17-5,11-9-7-2)13-16(3)4/h6-14H2,1-5H3. The van der Waals surface area contributed by atoms with Crippen LogP contribution in [0.3, 0.4) is 0 Å². The van der Waals surface area contributed by atoms with Crippen molar-refractivity contribution in [3.05, 3.63) is 0 Å². The highest BCUT2D eigenvalue weighted by Crippen LogP contribution is 2.32. The molecule has 17 heavy (non-hydrogen) atoms. The van der Waals surface area contributed by atoms with Crippen molar-refractivity contribution in [3.63, 3.8) is 0 Å². The topological polar surface area (TPSA) is 12.5 Å². The normalized spacial score (nSPS) is 15.2. The van der Waals surface area contributed by atoms with Gasteiger partial charge in [0, 0.05) is 19.1 Å². The molecule has 0 rings (SSSR count). The lowest BCUT2D eigenvalue weighted by Crippen LogP contribution is -2.37. The van der Waals surface area contributed by atoms with Crippen molar-refractivity contribution in [1.29, 1.82) is 0 Å². The fourth-order valence-corrected chi connectivity index (χ4v) is 2.75. The first-order valence-electron chi connectivity index (χ1n) is 7.24. The monoisotopic (exact) mass is 243 g/mol. The van der Waals surface area contributed by atoms with Crippen LogP contribution in [0.1, 0.15) is 58.8 Å². The Morgan fingerprint density at radius 2 is 1.53 bits per heavy atom. The van der Waals surface area contributed by atoms with Crippen molar-refractivity contribution in [1.82, 2.24) is 4.90 Å². The number of methoxy groups -OCH3 is 1. The summed E-state index contributed by atoms with van der Waals surface area (Å²) in [4.78, 5) is 2.32. The quantitative estimate of drug-likeness (QED) is 0.509. The minimum absolute atomic E-state index is 0.378. The van der Waals surface area contributed by atoms with E-state index in [9.17, 15) is 0 Å². The molecule has 0 saturated heterocycles. The van der Waals surface area contributed by atoms with Gasteiger partial charge in [-0.25, -0.2) is 0 Å². The summed E-state index contributed by atoms with van der Waals surface area (Å²) in [6.07, 6.45) is 9.23. The Bertz CT molecular complexity index is 170. The predicted octanol–water partition coefficient (Wildman–Crippen LogP) is 3.95. The Morgan fingerprint density at radius 1 is 0.941 bits per heavy atom. The van der Waals surface area contributed by atoms with Gasteiger partial charge in [-0.05, 0) is 26.9 Å². The second-order valence-corrected chi connectivity index (χ2v) is 5.73. The van der Waals surface area contributed by atoms with E-state index in [1.165, 1.54) is 44.9 Å². The molecule has 104 valence electrons. The van der Waals surface area contributed by atoms with Crippen molar-refractivity contribution in [2.45, 2.75) is 58.8 Å². The van der Waals surface area contributed by atoms with Gasteiger partial charge in [-0.15, -0.1) is 0 Å². The molecule has 2 heteroatoms. The average Bonchev–Trinajstić information content (AvgIpc) is 2.26. The van der Waals surface area contributed by atoms with E-state index in [1.807, 2.05) is 7.11 Å². The highest BCUT2D eigenvalue weighted by molar-refractivity contribution is 4.81. The van der Waals surface area contributed by atoms with Crippen LogP contribution in [0.25, 0.3) is 0 Å². The fraction of sp³-hybridized carbons (Fsp3) is 1.00. The molecule has 0 aliphatic heterocycles. The summed E-state index contributed by atoms with van der Waals surface area (Å²) in [6.45, 7) is 6.62. The maximum Gasteiger partial charge on any atom is 0.0530 e. The van der Waals surface area contributed by atoms with Crippen molar-refractivity contribution in [2.75, 3.05) is 34.4 Å². The molecule has 0 amide bonds. The number of nitrogens with zero attached hydrogens (tertiary/aromatic N) is 1. The molecule has 0 aromatic rings. The zero-order valence-electron chi connectivity index (χ0n) is 12.7. The summed E-state index contributed by atoms with van der Waals surface area (Å²) < 4.78 is 5.51. The van der Waals surface area contributed by atoms with E-state index in [4.69, 9.17) is 4.74 Å². The summed E-state index contributed by atoms with van der Waals surface area (Å²) in [5.74, 6) is 0. The smallest absolute Gasteiger partial charge is 0.0530 e. The largest absolute Gasteiger partial charge is 0.384 e. The molecular weight excluding hydrogens is 210 g/mol. The van der Waals surface area contributed by atoms with Crippen LogP contribution < -0.4 is 0 Å². The first-order valence-corrected chi connectivity index (χ1v) is 7.24. The van der Waals surface area contributed by atoms with Crippen LogP contribution in [-0.2, 0) is 4.74 Å². The SMILES string of the molecule is CCCCCC(CCCC)(COC)CN(C)C. The second kappa shape index (κ2) is 9.90. The van der Waals surface area contributed by atoms with E-state index in [2.05, 4.69) is 32.8 Å². The lowest BCUT2D eigenvalue weighted by molar-refractivity contribution is 0.0400. The molecule has 0 N–H and O–H groups in total. The molecule has 0 radical (unpaired) electrons. The number of rotatable bonds is 11. The molecule has 0 fully saturated rings. The second-order valence-electron chi connectivity index (χ2n) is 5.73. The molecule has 0 spiro atoms. The van der Waals surface area contributed by atoms with Crippen LogP contribution in [0.4, 0.5) is 0 Å². The maximum absolute atomic E-state index is 5.51. The third-order valence-corrected chi connectivity index (χ3v) is 3.47. The van der Waals surface area contributed by atoms with Crippen molar-refractivity contribution in [2.24, 2.45) is 5.41 Å². The maximum atomic E-state index is 5.51. The third-order valence-electron chi connectivity index (χ3n) is 3.47. The summed E-state index contributed by atoms with van der Waals surface area (Å²) in [5, 5.41) is 0. The lowest BCUT2D eigenvalue weighted by atomic mass is 9.78. The summed E-state index contributed by atoms with van der Waals surface area (Å²) in [6, 6.07) is 0. The number of hydrogen-bond acceptors (Lipinski definition) is 2. The minimum Gasteiger partial charge on any atom is -0.384 e. The van der Waals surface area contributed by atoms with E-state index in [1.54, 1.807) is 0 Å². The van der Waals surface area contributed by atoms with Crippen LogP contribution in [0.15, 0.2) is 0 Å². The van der Waals surface area contributed by atoms with Crippen LogP contribution in [0, 0.1) is 5.41 Å². The molecule has 0 aliphatic rings. The van der Waals surface area contributed by atoms with Crippen molar-refractivity contribution < 1.29 is 4.74 Å². The van der Waals surface area contributed by atoms with Gasteiger partial charge in [0.15, 0.2) is 0 Å². The van der Waals surface area contributed by atoms with Gasteiger partial charge in [-0.1, -0.05) is 46.0 Å². The lowest BCUT2D eigenvalue weighted by Gasteiger charge is -2.36. The number of unbranched alkanes of at least 4 members (excludes halogenated alkanes) is 3. The highest BCUT2D eigenvalue weighted by Gasteiger charge is 2.29. The van der Waals surface area contributed by atoms with Crippen molar-refractivity contribution in [3.8, 4) is 0 Å². The van der Waals surface area contributed by atoms with Gasteiger partial charge in [0.2, 0.25) is 0 Å². The minimum atomic E-state index is 0.378. The highest BCUT2D eigenvalue weighted by atomic mass is 16.5. The van der Waals surface area contributed by atoms with Crippen LogP contribution in [-0.4, -0.2) is 39.3 Å². The molecule has 0 saturated carbocycles. The van der Waals surface area contributed by atoms with Crippen LogP contribution >= 0.6 is 0 Å². The van der Waals surface area contributed by atoms with E-state index < -0.39 is 0 Å². The molecule has 0 aromatic heterocycles. The van der Waals surface area contributed by atoms with Gasteiger partial charge in [0.05, 0.1) is 6.61 Å². The third kappa shape index (κ3) is 7.77. The number of hydrogen-bond donors (Lipinski definition) is 0. The average molecular weight is 243 g/mol. The predicted molar refractivity (Wildman–Crippen MR) is 76.5 cm³/mol. The Morgan fingerprint density at radius 3 is 2.00 bits per heavy atom. The molecule has 2 nitrogen and oxygen atoms in total. The first-order chi connectivity index (χ1) is 8.10. The van der Waals surface area contributed by atoms with Crippen LogP contribution in [0.5, 0.6) is 0 Å². The Kier molecular flexibility index (Phi) is 9.85. The summed E-state index contributed by atoms with van der Waals surface area (Å²) in [5.41, 5.74) is 0.378. The van der Waals surface area contributed by atoms with Gasteiger partial charge in [-0.3, -0.25) is 0 Å². The fourth-order valence-electron chi connectivity index (χ4n) is 2.75. The van der Waals surface area contributed by atoms with E-state index >= 15 is 0 Å².